The molecule has 4 nitrogen and oxygen atoms in total. The molecule has 3 atom stereocenters. The lowest BCUT2D eigenvalue weighted by Gasteiger charge is -2.51. The van der Waals surface area contributed by atoms with Crippen LogP contribution in [0.5, 0.6) is 0 Å². The zero-order valence-corrected chi connectivity index (χ0v) is 47.9. The van der Waals surface area contributed by atoms with E-state index < -0.39 is 0 Å². The van der Waals surface area contributed by atoms with Gasteiger partial charge in [0.05, 0.1) is 16.6 Å². The second-order valence-electron chi connectivity index (χ2n) is 28.8. The minimum Gasteiger partial charge on any atom is -0.456 e. The first-order chi connectivity index (χ1) is 35.9. The van der Waals surface area contributed by atoms with Crippen molar-refractivity contribution in [3.63, 3.8) is 0 Å². The van der Waals surface area contributed by atoms with Crippen LogP contribution in [-0.4, -0.2) is 12.3 Å². The smallest absolute Gasteiger partial charge is 0.252 e. The molecule has 4 aliphatic heterocycles. The third-order valence-electron chi connectivity index (χ3n) is 21.8. The minimum absolute atomic E-state index is 0.000896. The fourth-order valence-corrected chi connectivity index (χ4v) is 17.1. The first-order valence-electron chi connectivity index (χ1n) is 29.1. The molecule has 3 unspecified atom stereocenters. The molecule has 15 rings (SSSR count). The lowest BCUT2D eigenvalue weighted by Crippen LogP contribution is -2.62. The van der Waals surface area contributed by atoms with Crippen molar-refractivity contribution in [3.8, 4) is 0 Å². The van der Waals surface area contributed by atoms with Crippen molar-refractivity contribution in [2.75, 3.05) is 14.7 Å². The quantitative estimate of drug-likeness (QED) is 0.153. The molecule has 5 heterocycles. The topological polar surface area (TPSA) is 22.9 Å². The van der Waals surface area contributed by atoms with E-state index in [2.05, 4.69) is 221 Å². The molecular weight excluding hydrogens is 922 g/mol. The van der Waals surface area contributed by atoms with E-state index >= 15 is 0 Å². The molecule has 1 fully saturated rings. The Kier molecular flexibility index (Phi) is 9.09. The number of hydrogen-bond donors (Lipinski definition) is 0. The van der Waals surface area contributed by atoms with Gasteiger partial charge >= 0.3 is 0 Å². The molecule has 0 spiro atoms. The summed E-state index contributed by atoms with van der Waals surface area (Å²) in [5.74, 6) is 0. The third-order valence-corrected chi connectivity index (χ3v) is 21.8. The van der Waals surface area contributed by atoms with Crippen molar-refractivity contribution >= 4 is 90.5 Å². The van der Waals surface area contributed by atoms with Crippen LogP contribution in [0.25, 0.3) is 21.9 Å². The highest BCUT2D eigenvalue weighted by Gasteiger charge is 2.59. The van der Waals surface area contributed by atoms with Gasteiger partial charge in [0.1, 0.15) is 11.2 Å². The normalized spacial score (nSPS) is 24.7. The van der Waals surface area contributed by atoms with Crippen molar-refractivity contribution < 1.29 is 4.42 Å². The highest BCUT2D eigenvalue weighted by atomic mass is 16.3. The van der Waals surface area contributed by atoms with Gasteiger partial charge in [-0.15, -0.1) is 0 Å². The van der Waals surface area contributed by atoms with Gasteiger partial charge in [-0.2, -0.15) is 0 Å². The number of furan rings is 1. The fraction of sp³-hybridized carbons (Fsp3) is 0.408. The highest BCUT2D eigenvalue weighted by molar-refractivity contribution is 7.00. The van der Waals surface area contributed by atoms with Gasteiger partial charge in [-0.3, -0.25) is 0 Å². The second-order valence-corrected chi connectivity index (χ2v) is 28.8. The monoisotopic (exact) mass is 998 g/mol. The molecule has 0 radical (unpaired) electrons. The van der Waals surface area contributed by atoms with Crippen molar-refractivity contribution in [3.05, 3.63) is 159 Å². The van der Waals surface area contributed by atoms with Gasteiger partial charge < -0.3 is 19.1 Å². The predicted molar refractivity (Wildman–Crippen MR) is 323 cm³/mol. The molecule has 6 bridgehead atoms. The summed E-state index contributed by atoms with van der Waals surface area (Å²) in [5.41, 5.74) is 29.3. The molecular formula is C71H76BN3O. The maximum atomic E-state index is 6.73. The van der Waals surface area contributed by atoms with Gasteiger partial charge in [-0.1, -0.05) is 138 Å². The van der Waals surface area contributed by atoms with E-state index in [9.17, 15) is 0 Å². The van der Waals surface area contributed by atoms with Gasteiger partial charge in [-0.25, -0.2) is 0 Å². The average Bonchev–Trinajstić information content (AvgIpc) is 3.48. The fourth-order valence-electron chi connectivity index (χ4n) is 17.1. The summed E-state index contributed by atoms with van der Waals surface area (Å²) < 4.78 is 6.73. The summed E-state index contributed by atoms with van der Waals surface area (Å²) >= 11 is 0. The van der Waals surface area contributed by atoms with Crippen LogP contribution in [-0.2, 0) is 32.5 Å². The second kappa shape index (κ2) is 14.7. The number of aryl methyl sites for hydroxylation is 2. The van der Waals surface area contributed by atoms with E-state index in [1.165, 1.54) is 137 Å². The Morgan fingerprint density at radius 2 is 1.11 bits per heavy atom. The molecule has 7 aliphatic rings. The lowest BCUT2D eigenvalue weighted by molar-refractivity contribution is 0.195. The molecule has 384 valence electrons. The summed E-state index contributed by atoms with van der Waals surface area (Å²) in [7, 11) is 0. The molecule has 0 saturated heterocycles. The number of benzene rings is 7. The van der Waals surface area contributed by atoms with Crippen LogP contribution >= 0.6 is 0 Å². The first kappa shape index (κ1) is 47.1. The van der Waals surface area contributed by atoms with Crippen LogP contribution in [0.2, 0.25) is 0 Å². The summed E-state index contributed by atoms with van der Waals surface area (Å²) in [5, 5.41) is 2.32. The summed E-state index contributed by atoms with van der Waals surface area (Å²) in [6.07, 6.45) is 9.44. The van der Waals surface area contributed by atoms with Crippen molar-refractivity contribution in [1.82, 2.24) is 0 Å². The van der Waals surface area contributed by atoms with Crippen LogP contribution in [0.1, 0.15) is 185 Å². The largest absolute Gasteiger partial charge is 0.456 e. The van der Waals surface area contributed by atoms with E-state index in [-0.39, 0.29) is 44.7 Å². The zero-order valence-electron chi connectivity index (χ0n) is 47.9. The van der Waals surface area contributed by atoms with Gasteiger partial charge in [0.2, 0.25) is 0 Å². The Hall–Kier alpha value is -6.20. The predicted octanol–water partition coefficient (Wildman–Crippen LogP) is 17.4. The van der Waals surface area contributed by atoms with Gasteiger partial charge in [0.15, 0.2) is 0 Å². The molecule has 8 aromatic rings. The number of para-hydroxylation sites is 1. The van der Waals surface area contributed by atoms with Gasteiger partial charge in [0.25, 0.3) is 6.71 Å². The highest BCUT2D eigenvalue weighted by Crippen LogP contribution is 2.64. The number of nitrogens with zero attached hydrogens (tertiary/aromatic N) is 3. The lowest BCUT2D eigenvalue weighted by atomic mass is 9.33. The zero-order chi connectivity index (χ0) is 52.8. The Labute approximate surface area is 453 Å². The molecule has 5 heteroatoms. The molecule has 0 amide bonds. The minimum atomic E-state index is -0.215. The summed E-state index contributed by atoms with van der Waals surface area (Å²) in [6.45, 7) is 35.0. The van der Waals surface area contributed by atoms with Crippen molar-refractivity contribution in [2.45, 2.75) is 186 Å². The van der Waals surface area contributed by atoms with Crippen LogP contribution in [0.15, 0.2) is 114 Å². The van der Waals surface area contributed by atoms with E-state index in [4.69, 9.17) is 4.42 Å². The maximum Gasteiger partial charge on any atom is 0.252 e. The van der Waals surface area contributed by atoms with Crippen molar-refractivity contribution in [1.29, 1.82) is 0 Å². The van der Waals surface area contributed by atoms with E-state index in [1.54, 1.807) is 5.56 Å². The van der Waals surface area contributed by atoms with Crippen LogP contribution in [0.3, 0.4) is 0 Å². The average molecular weight is 998 g/mol. The Bertz CT molecular complexity index is 3920. The number of hydrogen-bond acceptors (Lipinski definition) is 4. The van der Waals surface area contributed by atoms with Crippen LogP contribution in [0.4, 0.5) is 45.5 Å². The van der Waals surface area contributed by atoms with Gasteiger partial charge in [-0.05, 0) is 208 Å². The van der Waals surface area contributed by atoms with Crippen LogP contribution < -0.4 is 31.1 Å². The SMILES string of the molecule is Cc1cc2c3c(c1)N(c1cccc4oc5ccccc5c14)c1cc4c(cc1B3c1ccc3cc1N2c1cc2c(cc1C)C(C)(C)CCC2(C)c1cc2c(cc1C(C)(C)C)C1(C)CCCCC1(C)N32)C(C)(C)CCC4(C)C. The van der Waals surface area contributed by atoms with Crippen molar-refractivity contribution in [2.24, 2.45) is 0 Å². The summed E-state index contributed by atoms with van der Waals surface area (Å²) in [4.78, 5) is 8.33. The molecule has 0 N–H and O–H groups in total. The number of rotatable bonds is 1. The molecule has 76 heavy (non-hydrogen) atoms. The Morgan fingerprint density at radius 3 is 1.84 bits per heavy atom. The number of anilines is 8. The third kappa shape index (κ3) is 5.83. The molecule has 1 aromatic heterocycles. The van der Waals surface area contributed by atoms with E-state index in [0.29, 0.717) is 0 Å². The standard InChI is InChI=1S/C71H76BN3O/c1-41-32-59-64-60(33-41)74-55-39-50-46(34-42(55)2)68(10,11)30-31-69(50,12)49-40-56-51(36-45(49)65(3,4)5)70(13)26-17-18-27-71(70,14)75(56)43-24-25-52(57(74)35-43)72(64)53-37-47-48(67(8,9)29-28-66(47,6)7)38-58(53)73(59)54-21-19-23-62-63(54)44-20-15-16-22-61(44)76-62/h15-16,19-25,32-40H,17-18,26-31H2,1-14H3. The van der Waals surface area contributed by atoms with E-state index in [1.807, 2.05) is 0 Å². The molecule has 7 aromatic carbocycles. The van der Waals surface area contributed by atoms with E-state index in [0.717, 1.165) is 42.2 Å². The Morgan fingerprint density at radius 1 is 0.487 bits per heavy atom. The summed E-state index contributed by atoms with van der Waals surface area (Å²) in [6, 6.07) is 44.4. The molecule has 3 aliphatic carbocycles. The number of fused-ring (bicyclic) bond motifs is 17. The first-order valence-corrected chi connectivity index (χ1v) is 29.1. The Balaban J connectivity index is 1.10. The van der Waals surface area contributed by atoms with Gasteiger partial charge in [0, 0.05) is 56.0 Å². The maximum absolute atomic E-state index is 6.73. The van der Waals surface area contributed by atoms with Crippen LogP contribution in [0, 0.1) is 13.8 Å². The molecule has 1 saturated carbocycles.